The number of benzene rings is 1. The van der Waals surface area contributed by atoms with Gasteiger partial charge in [-0.1, -0.05) is 0 Å². The number of aliphatic hydroxyl groups is 2. The van der Waals surface area contributed by atoms with Crippen molar-refractivity contribution in [1.29, 1.82) is 0 Å². The Morgan fingerprint density at radius 3 is 2.37 bits per heavy atom. The van der Waals surface area contributed by atoms with Gasteiger partial charge in [-0.15, -0.1) is 0 Å². The number of nitrogens with zero attached hydrogens (tertiary/aromatic N) is 1. The van der Waals surface area contributed by atoms with Crippen LogP contribution in [0.2, 0.25) is 0 Å². The van der Waals surface area contributed by atoms with Crippen LogP contribution >= 0.6 is 0 Å². The van der Waals surface area contributed by atoms with Crippen LogP contribution in [0.4, 0.5) is 10.1 Å². The van der Waals surface area contributed by atoms with E-state index in [4.69, 9.17) is 0 Å². The molecule has 0 aliphatic rings. The molecule has 1 aromatic carbocycles. The van der Waals surface area contributed by atoms with Crippen molar-refractivity contribution in [3.05, 3.63) is 29.1 Å². The zero-order valence-electron chi connectivity index (χ0n) is 12.4. The first-order chi connectivity index (χ1) is 8.65. The Balaban J connectivity index is 3.25. The Morgan fingerprint density at radius 2 is 1.95 bits per heavy atom. The van der Waals surface area contributed by atoms with Crippen molar-refractivity contribution in [3.63, 3.8) is 0 Å². The van der Waals surface area contributed by atoms with E-state index in [1.165, 1.54) is 6.07 Å². The molecule has 0 aromatic heterocycles. The lowest BCUT2D eigenvalue weighted by Crippen LogP contribution is -2.39. The first-order valence-electron chi connectivity index (χ1n) is 6.61. The fraction of sp³-hybridized carbons (Fsp3) is 0.600. The van der Waals surface area contributed by atoms with Gasteiger partial charge in [-0.25, -0.2) is 4.39 Å². The standard InChI is InChI=1S/C15H24FNO2/c1-6-17(9-15(4,5)19)14-7-10(2)13(16)8-12(14)11(3)18/h7-8,11,18-19H,6,9H2,1-5H3/t11-/m0/s1. The number of halogens is 1. The highest BCUT2D eigenvalue weighted by Crippen LogP contribution is 2.30. The quantitative estimate of drug-likeness (QED) is 0.864. The van der Waals surface area contributed by atoms with E-state index in [1.54, 1.807) is 33.8 Å². The predicted octanol–water partition coefficient (Wildman–Crippen LogP) is 2.78. The van der Waals surface area contributed by atoms with Crippen molar-refractivity contribution < 1.29 is 14.6 Å². The molecular weight excluding hydrogens is 245 g/mol. The van der Waals surface area contributed by atoms with Crippen LogP contribution in [0.3, 0.4) is 0 Å². The molecule has 0 heterocycles. The Hall–Kier alpha value is -1.13. The van der Waals surface area contributed by atoms with Gasteiger partial charge >= 0.3 is 0 Å². The minimum Gasteiger partial charge on any atom is -0.389 e. The second kappa shape index (κ2) is 5.88. The third-order valence-corrected chi connectivity index (χ3v) is 3.06. The molecule has 4 heteroatoms. The third kappa shape index (κ3) is 4.18. The lowest BCUT2D eigenvalue weighted by atomic mass is 10.0. The summed E-state index contributed by atoms with van der Waals surface area (Å²) in [5.41, 5.74) is 1.01. The fourth-order valence-electron chi connectivity index (χ4n) is 2.12. The van der Waals surface area contributed by atoms with Gasteiger partial charge in [0.15, 0.2) is 0 Å². The summed E-state index contributed by atoms with van der Waals surface area (Å²) in [6.07, 6.45) is -0.749. The molecule has 0 spiro atoms. The molecule has 0 aliphatic heterocycles. The number of hydrogen-bond acceptors (Lipinski definition) is 3. The van der Waals surface area contributed by atoms with Crippen LogP contribution in [0.5, 0.6) is 0 Å². The fourth-order valence-corrected chi connectivity index (χ4v) is 2.12. The Kier molecular flexibility index (Phi) is 4.93. The second-order valence-electron chi connectivity index (χ2n) is 5.66. The van der Waals surface area contributed by atoms with Crippen LogP contribution in [0.1, 0.15) is 44.9 Å². The summed E-state index contributed by atoms with van der Waals surface area (Å²) >= 11 is 0. The van der Waals surface area contributed by atoms with Crippen LogP contribution in [0.25, 0.3) is 0 Å². The molecular formula is C15H24FNO2. The average Bonchev–Trinajstić information content (AvgIpc) is 2.27. The largest absolute Gasteiger partial charge is 0.389 e. The third-order valence-electron chi connectivity index (χ3n) is 3.06. The molecule has 19 heavy (non-hydrogen) atoms. The molecule has 1 atom stereocenters. The molecule has 1 rings (SSSR count). The first kappa shape index (κ1) is 15.9. The van der Waals surface area contributed by atoms with E-state index in [1.807, 2.05) is 11.8 Å². The molecule has 0 bridgehead atoms. The SMILES string of the molecule is CCN(CC(C)(C)O)c1cc(C)c(F)cc1[C@H](C)O. The van der Waals surface area contributed by atoms with E-state index >= 15 is 0 Å². The summed E-state index contributed by atoms with van der Waals surface area (Å²) in [5, 5.41) is 19.8. The molecule has 0 fully saturated rings. The zero-order chi connectivity index (χ0) is 14.8. The number of aliphatic hydroxyl groups excluding tert-OH is 1. The van der Waals surface area contributed by atoms with E-state index in [0.717, 1.165) is 5.69 Å². The maximum absolute atomic E-state index is 13.6. The minimum atomic E-state index is -0.853. The Bertz CT molecular complexity index is 439. The molecule has 0 aliphatic carbocycles. The van der Waals surface area contributed by atoms with E-state index in [2.05, 4.69) is 0 Å². The summed E-state index contributed by atoms with van der Waals surface area (Å²) in [5.74, 6) is -0.320. The Labute approximate surface area is 114 Å². The van der Waals surface area contributed by atoms with Gasteiger partial charge in [0.2, 0.25) is 0 Å². The van der Waals surface area contributed by atoms with Gasteiger partial charge in [0.1, 0.15) is 5.82 Å². The van der Waals surface area contributed by atoms with Crippen molar-refractivity contribution in [3.8, 4) is 0 Å². The summed E-state index contributed by atoms with van der Waals surface area (Å²) < 4.78 is 13.6. The van der Waals surface area contributed by atoms with Crippen molar-refractivity contribution in [1.82, 2.24) is 0 Å². The van der Waals surface area contributed by atoms with Crippen LogP contribution in [0.15, 0.2) is 12.1 Å². The lowest BCUT2D eigenvalue weighted by Gasteiger charge is -2.32. The van der Waals surface area contributed by atoms with Crippen molar-refractivity contribution in [2.75, 3.05) is 18.0 Å². The van der Waals surface area contributed by atoms with Crippen molar-refractivity contribution in [2.45, 2.75) is 46.3 Å². The summed E-state index contributed by atoms with van der Waals surface area (Å²) in [7, 11) is 0. The number of likely N-dealkylation sites (N-methyl/N-ethyl adjacent to an activating group) is 1. The van der Waals surface area contributed by atoms with Gasteiger partial charge in [0.05, 0.1) is 11.7 Å². The number of aryl methyl sites for hydroxylation is 1. The smallest absolute Gasteiger partial charge is 0.126 e. The van der Waals surface area contributed by atoms with Gasteiger partial charge in [-0.05, 0) is 52.3 Å². The highest BCUT2D eigenvalue weighted by molar-refractivity contribution is 5.57. The van der Waals surface area contributed by atoms with Gasteiger partial charge in [-0.3, -0.25) is 0 Å². The molecule has 0 unspecified atom stereocenters. The monoisotopic (exact) mass is 269 g/mol. The molecule has 0 amide bonds. The summed E-state index contributed by atoms with van der Waals surface area (Å²) in [6.45, 7) is 9.84. The zero-order valence-corrected chi connectivity index (χ0v) is 12.4. The highest BCUT2D eigenvalue weighted by Gasteiger charge is 2.21. The van der Waals surface area contributed by atoms with Gasteiger partial charge in [-0.2, -0.15) is 0 Å². The summed E-state index contributed by atoms with van der Waals surface area (Å²) in [4.78, 5) is 1.95. The normalized spacial score (nSPS) is 13.5. The number of rotatable bonds is 5. The summed E-state index contributed by atoms with van der Waals surface area (Å²) in [6, 6.07) is 3.11. The van der Waals surface area contributed by atoms with E-state index in [-0.39, 0.29) is 5.82 Å². The maximum Gasteiger partial charge on any atom is 0.126 e. The topological polar surface area (TPSA) is 43.7 Å². The predicted molar refractivity (Wildman–Crippen MR) is 76.0 cm³/mol. The number of anilines is 1. The van der Waals surface area contributed by atoms with Crippen molar-refractivity contribution in [2.24, 2.45) is 0 Å². The van der Waals surface area contributed by atoms with E-state index in [0.29, 0.717) is 24.2 Å². The number of hydrogen-bond donors (Lipinski definition) is 2. The average molecular weight is 269 g/mol. The van der Waals surface area contributed by atoms with Gasteiger partial charge in [0.25, 0.3) is 0 Å². The maximum atomic E-state index is 13.6. The molecule has 0 radical (unpaired) electrons. The van der Waals surface area contributed by atoms with Gasteiger partial charge < -0.3 is 15.1 Å². The van der Waals surface area contributed by atoms with Crippen molar-refractivity contribution >= 4 is 5.69 Å². The molecule has 1 aromatic rings. The second-order valence-corrected chi connectivity index (χ2v) is 5.66. The minimum absolute atomic E-state index is 0.320. The molecule has 108 valence electrons. The van der Waals surface area contributed by atoms with Crippen LogP contribution in [-0.4, -0.2) is 28.9 Å². The molecule has 0 saturated carbocycles. The van der Waals surface area contributed by atoms with Crippen LogP contribution < -0.4 is 4.90 Å². The molecule has 3 nitrogen and oxygen atoms in total. The van der Waals surface area contributed by atoms with E-state index in [9.17, 15) is 14.6 Å². The van der Waals surface area contributed by atoms with Crippen LogP contribution in [0, 0.1) is 12.7 Å². The van der Waals surface area contributed by atoms with E-state index < -0.39 is 11.7 Å². The van der Waals surface area contributed by atoms with Crippen LogP contribution in [-0.2, 0) is 0 Å². The molecule has 2 N–H and O–H groups in total. The van der Waals surface area contributed by atoms with Gasteiger partial charge in [0, 0.05) is 24.3 Å². The molecule has 0 saturated heterocycles. The first-order valence-corrected chi connectivity index (χ1v) is 6.61. The lowest BCUT2D eigenvalue weighted by molar-refractivity contribution is 0.0873. The Morgan fingerprint density at radius 1 is 1.37 bits per heavy atom. The highest BCUT2D eigenvalue weighted by atomic mass is 19.1.